The zero-order valence-corrected chi connectivity index (χ0v) is 17.4. The van der Waals surface area contributed by atoms with Crippen molar-refractivity contribution in [3.63, 3.8) is 0 Å². The van der Waals surface area contributed by atoms with Crippen LogP contribution in [0.25, 0.3) is 10.9 Å². The number of hydrogen-bond acceptors (Lipinski definition) is 4. The van der Waals surface area contributed by atoms with E-state index in [2.05, 4.69) is 16.4 Å². The van der Waals surface area contributed by atoms with Crippen LogP contribution >= 0.6 is 12.2 Å². The summed E-state index contributed by atoms with van der Waals surface area (Å²) in [4.78, 5) is 17.7. The van der Waals surface area contributed by atoms with Crippen molar-refractivity contribution in [3.8, 4) is 0 Å². The molecule has 1 fully saturated rings. The maximum Gasteiger partial charge on any atom is 0.253 e. The number of ether oxygens (including phenoxy) is 2. The molecule has 0 aliphatic carbocycles. The molecule has 0 bridgehead atoms. The van der Waals surface area contributed by atoms with Crippen molar-refractivity contribution < 1.29 is 9.47 Å². The van der Waals surface area contributed by atoms with Gasteiger partial charge in [-0.2, -0.15) is 0 Å². The number of rotatable bonds is 8. The molecule has 1 atom stereocenters. The van der Waals surface area contributed by atoms with Crippen molar-refractivity contribution in [1.82, 2.24) is 15.2 Å². The Hall–Kier alpha value is -1.96. The maximum absolute atomic E-state index is 12.6. The third kappa shape index (κ3) is 5.53. The fourth-order valence-corrected chi connectivity index (χ4v) is 3.70. The molecule has 7 heteroatoms. The second-order valence-corrected chi connectivity index (χ2v) is 7.69. The molecule has 2 N–H and O–H groups in total. The van der Waals surface area contributed by atoms with Crippen LogP contribution in [0.3, 0.4) is 0 Å². The topological polar surface area (TPSA) is 66.6 Å². The minimum absolute atomic E-state index is 0.0716. The summed E-state index contributed by atoms with van der Waals surface area (Å²) in [6, 6.07) is 8.04. The number of aromatic nitrogens is 1. The first kappa shape index (κ1) is 20.8. The largest absolute Gasteiger partial charge is 0.385 e. The molecule has 0 radical (unpaired) electrons. The van der Waals surface area contributed by atoms with Crippen molar-refractivity contribution in [2.45, 2.75) is 38.8 Å². The molecule has 2 aromatic rings. The van der Waals surface area contributed by atoms with E-state index in [-0.39, 0.29) is 11.7 Å². The predicted octanol–water partition coefficient (Wildman–Crippen LogP) is 2.73. The van der Waals surface area contributed by atoms with Crippen molar-refractivity contribution in [2.75, 3.05) is 33.4 Å². The van der Waals surface area contributed by atoms with E-state index in [9.17, 15) is 4.79 Å². The van der Waals surface area contributed by atoms with E-state index in [0.717, 1.165) is 48.9 Å². The van der Waals surface area contributed by atoms with E-state index in [1.54, 1.807) is 7.11 Å². The molecule has 1 unspecified atom stereocenters. The predicted molar refractivity (Wildman–Crippen MR) is 116 cm³/mol. The number of pyridine rings is 1. The van der Waals surface area contributed by atoms with E-state index in [1.165, 1.54) is 0 Å². The first-order valence-electron chi connectivity index (χ1n) is 9.82. The summed E-state index contributed by atoms with van der Waals surface area (Å²) in [5.74, 6) is 0. The summed E-state index contributed by atoms with van der Waals surface area (Å²) in [5.41, 5.74) is 2.62. The van der Waals surface area contributed by atoms with Gasteiger partial charge in [0.2, 0.25) is 0 Å². The Morgan fingerprint density at radius 2 is 2.29 bits per heavy atom. The van der Waals surface area contributed by atoms with Gasteiger partial charge in [-0.3, -0.25) is 4.79 Å². The number of nitrogens with one attached hydrogen (secondary N) is 2. The summed E-state index contributed by atoms with van der Waals surface area (Å²) in [5, 5.41) is 4.96. The number of methoxy groups -OCH3 is 1. The highest BCUT2D eigenvalue weighted by atomic mass is 32.1. The van der Waals surface area contributed by atoms with Gasteiger partial charge in [-0.25, -0.2) is 0 Å². The van der Waals surface area contributed by atoms with Gasteiger partial charge in [-0.1, -0.05) is 12.1 Å². The number of nitrogens with zero attached hydrogens (tertiary/aromatic N) is 1. The summed E-state index contributed by atoms with van der Waals surface area (Å²) in [6.07, 6.45) is 3.12. The third-order valence-electron chi connectivity index (χ3n) is 4.98. The standard InChI is InChI=1S/C21H29N3O3S/c1-15-6-7-16-12-17(20(25)23-19(16)11-15)13-24(14-18-5-3-10-27-18)21(28)22-8-4-9-26-2/h6-7,11-12,18H,3-5,8-10,13-14H2,1-2H3,(H,22,28)(H,23,25). The average molecular weight is 404 g/mol. The van der Waals surface area contributed by atoms with Crippen molar-refractivity contribution in [2.24, 2.45) is 0 Å². The van der Waals surface area contributed by atoms with E-state index in [1.807, 2.05) is 30.0 Å². The normalized spacial score (nSPS) is 16.4. The fourth-order valence-electron chi connectivity index (χ4n) is 3.46. The molecule has 1 aromatic heterocycles. The molecule has 3 rings (SSSR count). The second-order valence-electron chi connectivity index (χ2n) is 7.31. The molecule has 6 nitrogen and oxygen atoms in total. The SMILES string of the molecule is COCCCNC(=S)N(Cc1cc2ccc(C)cc2[nH]c1=O)CC1CCCO1. The number of H-pyrrole nitrogens is 1. The van der Waals surface area contributed by atoms with Gasteiger partial charge < -0.3 is 24.7 Å². The lowest BCUT2D eigenvalue weighted by atomic mass is 10.1. The maximum atomic E-state index is 12.6. The quantitative estimate of drug-likeness (QED) is 0.522. The number of fused-ring (bicyclic) bond motifs is 1. The highest BCUT2D eigenvalue weighted by Gasteiger charge is 2.22. The van der Waals surface area contributed by atoms with Gasteiger partial charge >= 0.3 is 0 Å². The number of aromatic amines is 1. The van der Waals surface area contributed by atoms with Gasteiger partial charge in [0.25, 0.3) is 5.56 Å². The van der Waals surface area contributed by atoms with E-state index in [0.29, 0.717) is 30.4 Å². The van der Waals surface area contributed by atoms with Gasteiger partial charge in [0.05, 0.1) is 12.6 Å². The molecule has 0 spiro atoms. The summed E-state index contributed by atoms with van der Waals surface area (Å²) < 4.78 is 10.9. The first-order valence-corrected chi connectivity index (χ1v) is 10.2. The molecule has 152 valence electrons. The van der Waals surface area contributed by atoms with Crippen molar-refractivity contribution in [3.05, 3.63) is 45.7 Å². The van der Waals surface area contributed by atoms with Crippen LogP contribution in [0.15, 0.2) is 29.1 Å². The molecule has 1 saturated heterocycles. The van der Waals surface area contributed by atoms with Crippen molar-refractivity contribution in [1.29, 1.82) is 0 Å². The fraction of sp³-hybridized carbons (Fsp3) is 0.524. The van der Waals surface area contributed by atoms with Gasteiger partial charge in [0, 0.05) is 44.5 Å². The van der Waals surface area contributed by atoms with Crippen LogP contribution in [-0.2, 0) is 16.0 Å². The number of aryl methyl sites for hydroxylation is 1. The minimum atomic E-state index is -0.0716. The Morgan fingerprint density at radius 1 is 1.43 bits per heavy atom. The lowest BCUT2D eigenvalue weighted by molar-refractivity contribution is 0.0896. The summed E-state index contributed by atoms with van der Waals surface area (Å²) in [6.45, 7) is 5.37. The van der Waals surface area contributed by atoms with Crippen LogP contribution in [0, 0.1) is 6.92 Å². The minimum Gasteiger partial charge on any atom is -0.385 e. The third-order valence-corrected chi connectivity index (χ3v) is 5.38. The van der Waals surface area contributed by atoms with Crippen LogP contribution in [0.5, 0.6) is 0 Å². The van der Waals surface area contributed by atoms with Crippen molar-refractivity contribution >= 4 is 28.2 Å². The van der Waals surface area contributed by atoms with Crippen LogP contribution in [-0.4, -0.2) is 54.5 Å². The summed E-state index contributed by atoms with van der Waals surface area (Å²) >= 11 is 5.62. The molecular formula is C21H29N3O3S. The van der Waals surface area contributed by atoms with Gasteiger partial charge in [-0.05, 0) is 61.5 Å². The Kier molecular flexibility index (Phi) is 7.42. The smallest absolute Gasteiger partial charge is 0.253 e. The molecule has 0 amide bonds. The van der Waals surface area contributed by atoms with Crippen LogP contribution in [0.2, 0.25) is 0 Å². The average Bonchev–Trinajstić information content (AvgIpc) is 3.18. The zero-order valence-electron chi connectivity index (χ0n) is 16.6. The van der Waals surface area contributed by atoms with E-state index >= 15 is 0 Å². The molecular weight excluding hydrogens is 374 g/mol. The first-order chi connectivity index (χ1) is 13.6. The lowest BCUT2D eigenvalue weighted by Gasteiger charge is -2.28. The van der Waals surface area contributed by atoms with Crippen LogP contribution in [0.4, 0.5) is 0 Å². The number of thiocarbonyl (C=S) groups is 1. The Labute approximate surface area is 171 Å². The Balaban J connectivity index is 1.76. The monoisotopic (exact) mass is 403 g/mol. The Morgan fingerprint density at radius 3 is 3.04 bits per heavy atom. The molecule has 2 heterocycles. The highest BCUT2D eigenvalue weighted by Crippen LogP contribution is 2.17. The zero-order chi connectivity index (χ0) is 19.9. The van der Waals surface area contributed by atoms with E-state index in [4.69, 9.17) is 21.7 Å². The molecule has 28 heavy (non-hydrogen) atoms. The Bertz CT molecular complexity index is 862. The van der Waals surface area contributed by atoms with Crippen LogP contribution < -0.4 is 10.9 Å². The van der Waals surface area contributed by atoms with Gasteiger partial charge in [-0.15, -0.1) is 0 Å². The van der Waals surface area contributed by atoms with E-state index < -0.39 is 0 Å². The molecule has 1 aromatic carbocycles. The number of hydrogen-bond donors (Lipinski definition) is 2. The second kappa shape index (κ2) is 10.0. The summed E-state index contributed by atoms with van der Waals surface area (Å²) in [7, 11) is 1.69. The van der Waals surface area contributed by atoms with Gasteiger partial charge in [0.15, 0.2) is 5.11 Å². The lowest BCUT2D eigenvalue weighted by Crippen LogP contribution is -2.44. The number of benzene rings is 1. The van der Waals surface area contributed by atoms with Gasteiger partial charge in [0.1, 0.15) is 0 Å². The molecule has 0 saturated carbocycles. The highest BCUT2D eigenvalue weighted by molar-refractivity contribution is 7.80. The molecule has 1 aliphatic heterocycles. The van der Waals surface area contributed by atoms with Crippen LogP contribution in [0.1, 0.15) is 30.4 Å². The molecule has 1 aliphatic rings.